The van der Waals surface area contributed by atoms with Crippen LogP contribution in [0.4, 0.5) is 0 Å². The molecule has 1 aromatic carbocycles. The second kappa shape index (κ2) is 7.48. The quantitative estimate of drug-likeness (QED) is 0.716. The molecule has 0 N–H and O–H groups in total. The molecule has 0 saturated heterocycles. The maximum atomic E-state index is 5.62. The van der Waals surface area contributed by atoms with Gasteiger partial charge in [-0.2, -0.15) is 0 Å². The molecule has 0 aliphatic carbocycles. The number of ether oxygens (including phenoxy) is 2. The molecule has 4 nitrogen and oxygen atoms in total. The third-order valence-corrected chi connectivity index (χ3v) is 2.74. The van der Waals surface area contributed by atoms with Crippen LogP contribution in [0.25, 0.3) is 0 Å². The molecule has 0 saturated carbocycles. The maximum Gasteiger partial charge on any atom is 0.216 e. The van der Waals surface area contributed by atoms with E-state index in [1.807, 2.05) is 24.3 Å². The van der Waals surface area contributed by atoms with Gasteiger partial charge in [0.25, 0.3) is 0 Å². The summed E-state index contributed by atoms with van der Waals surface area (Å²) in [6.07, 6.45) is 3.33. The zero-order chi connectivity index (χ0) is 13.3. The highest BCUT2D eigenvalue weighted by Crippen LogP contribution is 2.08. The second-order valence-corrected chi connectivity index (χ2v) is 4.19. The van der Waals surface area contributed by atoms with Gasteiger partial charge in [-0.25, -0.2) is 9.97 Å². The highest BCUT2D eigenvalue weighted by atomic mass is 16.5. The Bertz CT molecular complexity index is 489. The van der Waals surface area contributed by atoms with E-state index in [9.17, 15) is 0 Å². The lowest BCUT2D eigenvalue weighted by atomic mass is 10.2. The van der Waals surface area contributed by atoms with Crippen molar-refractivity contribution in [1.29, 1.82) is 0 Å². The van der Waals surface area contributed by atoms with E-state index in [1.165, 1.54) is 11.9 Å². The summed E-state index contributed by atoms with van der Waals surface area (Å²) in [5.74, 6) is 0.607. The van der Waals surface area contributed by atoms with E-state index in [1.54, 1.807) is 7.11 Å². The minimum Gasteiger partial charge on any atom is -0.481 e. The van der Waals surface area contributed by atoms with E-state index in [2.05, 4.69) is 22.1 Å². The lowest BCUT2D eigenvalue weighted by Crippen LogP contribution is -1.99. The number of aryl methyl sites for hydroxylation is 1. The monoisotopic (exact) mass is 258 g/mol. The van der Waals surface area contributed by atoms with E-state index >= 15 is 0 Å². The van der Waals surface area contributed by atoms with Crippen molar-refractivity contribution < 1.29 is 9.47 Å². The highest BCUT2D eigenvalue weighted by Gasteiger charge is 1.99. The SMILES string of the molecule is COc1cc(CCCOCc2ccccc2)ncn1. The number of rotatable bonds is 7. The van der Waals surface area contributed by atoms with Crippen LogP contribution in [0, 0.1) is 0 Å². The summed E-state index contributed by atoms with van der Waals surface area (Å²) in [6, 6.07) is 12.0. The first-order valence-corrected chi connectivity index (χ1v) is 6.35. The van der Waals surface area contributed by atoms with Crippen molar-refractivity contribution in [2.45, 2.75) is 19.4 Å². The van der Waals surface area contributed by atoms with E-state index in [-0.39, 0.29) is 0 Å². The molecule has 0 spiro atoms. The Labute approximate surface area is 113 Å². The maximum absolute atomic E-state index is 5.62. The Morgan fingerprint density at radius 3 is 2.74 bits per heavy atom. The summed E-state index contributed by atoms with van der Waals surface area (Å²) in [4.78, 5) is 8.17. The minimum absolute atomic E-state index is 0.607. The Morgan fingerprint density at radius 2 is 1.95 bits per heavy atom. The number of aromatic nitrogens is 2. The van der Waals surface area contributed by atoms with Crippen LogP contribution in [0.5, 0.6) is 5.88 Å². The van der Waals surface area contributed by atoms with Crippen LogP contribution in [0.3, 0.4) is 0 Å². The fraction of sp³-hybridized carbons (Fsp3) is 0.333. The van der Waals surface area contributed by atoms with Crippen molar-refractivity contribution in [2.24, 2.45) is 0 Å². The number of benzene rings is 1. The molecule has 19 heavy (non-hydrogen) atoms. The van der Waals surface area contributed by atoms with Crippen LogP contribution in [-0.2, 0) is 17.8 Å². The zero-order valence-corrected chi connectivity index (χ0v) is 11.1. The Balaban J connectivity index is 1.66. The van der Waals surface area contributed by atoms with Crippen LogP contribution < -0.4 is 4.74 Å². The normalized spacial score (nSPS) is 10.4. The highest BCUT2D eigenvalue weighted by molar-refractivity contribution is 5.14. The fourth-order valence-corrected chi connectivity index (χ4v) is 1.74. The molecule has 0 fully saturated rings. The molecule has 2 rings (SSSR count). The van der Waals surface area contributed by atoms with Gasteiger partial charge in [0.1, 0.15) is 6.33 Å². The first-order chi connectivity index (χ1) is 9.38. The van der Waals surface area contributed by atoms with Crippen molar-refractivity contribution in [3.63, 3.8) is 0 Å². The summed E-state index contributed by atoms with van der Waals surface area (Å²) in [7, 11) is 1.61. The topological polar surface area (TPSA) is 44.2 Å². The summed E-state index contributed by atoms with van der Waals surface area (Å²) in [5.41, 5.74) is 2.18. The predicted molar refractivity (Wildman–Crippen MR) is 73.0 cm³/mol. The van der Waals surface area contributed by atoms with Crippen LogP contribution in [0.1, 0.15) is 17.7 Å². The molecule has 0 aliphatic heterocycles. The van der Waals surface area contributed by atoms with Gasteiger partial charge >= 0.3 is 0 Å². The van der Waals surface area contributed by atoms with Crippen LogP contribution in [0.2, 0.25) is 0 Å². The summed E-state index contributed by atoms with van der Waals surface area (Å²) >= 11 is 0. The van der Waals surface area contributed by atoms with Crippen molar-refractivity contribution in [3.05, 3.63) is 54.0 Å². The lowest BCUT2D eigenvalue weighted by molar-refractivity contribution is 0.118. The van der Waals surface area contributed by atoms with Crippen molar-refractivity contribution >= 4 is 0 Å². The van der Waals surface area contributed by atoms with Crippen molar-refractivity contribution in [2.75, 3.05) is 13.7 Å². The molecule has 0 atom stereocenters. The molecule has 1 aromatic heterocycles. The number of nitrogens with zero attached hydrogens (tertiary/aromatic N) is 2. The molecule has 0 bridgehead atoms. The van der Waals surface area contributed by atoms with Crippen LogP contribution >= 0.6 is 0 Å². The van der Waals surface area contributed by atoms with E-state index in [4.69, 9.17) is 9.47 Å². The number of hydrogen-bond donors (Lipinski definition) is 0. The minimum atomic E-state index is 0.607. The number of hydrogen-bond acceptors (Lipinski definition) is 4. The summed E-state index contributed by atoms with van der Waals surface area (Å²) < 4.78 is 10.7. The molecule has 4 heteroatoms. The average molecular weight is 258 g/mol. The van der Waals surface area contributed by atoms with Gasteiger partial charge in [-0.15, -0.1) is 0 Å². The van der Waals surface area contributed by atoms with Crippen molar-refractivity contribution in [3.8, 4) is 5.88 Å². The average Bonchev–Trinajstić information content (AvgIpc) is 2.48. The Hall–Kier alpha value is -1.94. The first-order valence-electron chi connectivity index (χ1n) is 6.35. The van der Waals surface area contributed by atoms with Gasteiger partial charge in [-0.05, 0) is 18.4 Å². The molecule has 2 aromatic rings. The third kappa shape index (κ3) is 4.67. The smallest absolute Gasteiger partial charge is 0.216 e. The lowest BCUT2D eigenvalue weighted by Gasteiger charge is -2.05. The van der Waals surface area contributed by atoms with Gasteiger partial charge in [-0.1, -0.05) is 30.3 Å². The summed E-state index contributed by atoms with van der Waals surface area (Å²) in [5, 5.41) is 0. The molecule has 1 heterocycles. The fourth-order valence-electron chi connectivity index (χ4n) is 1.74. The molecule has 0 aliphatic rings. The largest absolute Gasteiger partial charge is 0.481 e. The van der Waals surface area contributed by atoms with E-state index in [0.29, 0.717) is 12.5 Å². The van der Waals surface area contributed by atoms with Gasteiger partial charge in [0.05, 0.1) is 13.7 Å². The summed E-state index contributed by atoms with van der Waals surface area (Å²) in [6.45, 7) is 1.38. The number of methoxy groups -OCH3 is 1. The third-order valence-electron chi connectivity index (χ3n) is 2.74. The molecular weight excluding hydrogens is 240 g/mol. The van der Waals surface area contributed by atoms with Gasteiger partial charge in [0.15, 0.2) is 0 Å². The van der Waals surface area contributed by atoms with Gasteiger partial charge < -0.3 is 9.47 Å². The Morgan fingerprint density at radius 1 is 1.11 bits per heavy atom. The molecule has 0 unspecified atom stereocenters. The second-order valence-electron chi connectivity index (χ2n) is 4.19. The van der Waals surface area contributed by atoms with E-state index in [0.717, 1.165) is 25.1 Å². The van der Waals surface area contributed by atoms with Gasteiger partial charge in [-0.3, -0.25) is 0 Å². The zero-order valence-electron chi connectivity index (χ0n) is 11.1. The molecular formula is C15H18N2O2. The van der Waals surface area contributed by atoms with Gasteiger partial charge in [0, 0.05) is 18.4 Å². The molecule has 100 valence electrons. The predicted octanol–water partition coefficient (Wildman–Crippen LogP) is 2.63. The van der Waals surface area contributed by atoms with Gasteiger partial charge in [0.2, 0.25) is 5.88 Å². The standard InChI is InChI=1S/C15H18N2O2/c1-18-15-10-14(16-12-17-15)8-5-9-19-11-13-6-3-2-4-7-13/h2-4,6-7,10,12H,5,8-9,11H2,1H3. The van der Waals surface area contributed by atoms with Crippen LogP contribution in [0.15, 0.2) is 42.7 Å². The van der Waals surface area contributed by atoms with Crippen LogP contribution in [-0.4, -0.2) is 23.7 Å². The van der Waals surface area contributed by atoms with Crippen molar-refractivity contribution in [1.82, 2.24) is 9.97 Å². The molecule has 0 amide bonds. The Kier molecular flexibility index (Phi) is 5.31. The molecule has 0 radical (unpaired) electrons. The first kappa shape index (κ1) is 13.5. The van der Waals surface area contributed by atoms with E-state index < -0.39 is 0 Å².